The Morgan fingerprint density at radius 2 is 2.50 bits per heavy atom. The molecule has 1 aromatic heterocycles. The SMILES string of the molecule is CCN(C)CCn1cn[nH]c1=S. The van der Waals surface area contributed by atoms with Gasteiger partial charge in [0.05, 0.1) is 0 Å². The number of likely N-dealkylation sites (N-methyl/N-ethyl adjacent to an activating group) is 1. The molecule has 1 heterocycles. The lowest BCUT2D eigenvalue weighted by Crippen LogP contribution is -2.22. The number of aromatic amines is 1. The largest absolute Gasteiger partial charge is 0.305 e. The van der Waals surface area contributed by atoms with Crippen molar-refractivity contribution < 1.29 is 0 Å². The Kier molecular flexibility index (Phi) is 3.43. The molecule has 0 amide bonds. The molecule has 0 aliphatic heterocycles. The fourth-order valence-electron chi connectivity index (χ4n) is 0.866. The van der Waals surface area contributed by atoms with E-state index in [1.54, 1.807) is 6.33 Å². The van der Waals surface area contributed by atoms with Crippen LogP contribution in [0.2, 0.25) is 0 Å². The number of H-pyrrole nitrogens is 1. The highest BCUT2D eigenvalue weighted by atomic mass is 32.1. The van der Waals surface area contributed by atoms with Crippen LogP contribution in [0.5, 0.6) is 0 Å². The van der Waals surface area contributed by atoms with E-state index < -0.39 is 0 Å². The predicted molar refractivity (Wildman–Crippen MR) is 50.6 cm³/mol. The van der Waals surface area contributed by atoms with Crippen LogP contribution in [0.15, 0.2) is 6.33 Å². The molecular weight excluding hydrogens is 172 g/mol. The molecule has 5 heteroatoms. The van der Waals surface area contributed by atoms with Crippen LogP contribution in [0.3, 0.4) is 0 Å². The van der Waals surface area contributed by atoms with Crippen LogP contribution in [-0.4, -0.2) is 39.8 Å². The molecule has 0 aromatic carbocycles. The Bertz CT molecular complexity index is 277. The van der Waals surface area contributed by atoms with Crippen molar-refractivity contribution in [2.24, 2.45) is 0 Å². The van der Waals surface area contributed by atoms with Crippen molar-refractivity contribution in [2.75, 3.05) is 20.1 Å². The zero-order valence-electron chi connectivity index (χ0n) is 7.45. The van der Waals surface area contributed by atoms with Gasteiger partial charge >= 0.3 is 0 Å². The zero-order valence-corrected chi connectivity index (χ0v) is 8.27. The third kappa shape index (κ3) is 2.42. The minimum absolute atomic E-state index is 0.694. The summed E-state index contributed by atoms with van der Waals surface area (Å²) < 4.78 is 2.63. The van der Waals surface area contributed by atoms with Crippen LogP contribution in [0.25, 0.3) is 0 Å². The summed E-state index contributed by atoms with van der Waals surface area (Å²) in [6.07, 6.45) is 1.73. The summed E-state index contributed by atoms with van der Waals surface area (Å²) in [6.45, 7) is 5.10. The zero-order chi connectivity index (χ0) is 8.97. The molecule has 1 N–H and O–H groups in total. The molecule has 0 bridgehead atoms. The number of hydrogen-bond acceptors (Lipinski definition) is 3. The van der Waals surface area contributed by atoms with E-state index in [9.17, 15) is 0 Å². The second-order valence-corrected chi connectivity index (χ2v) is 3.14. The molecular formula is C7H14N4S. The second-order valence-electron chi connectivity index (χ2n) is 2.75. The van der Waals surface area contributed by atoms with Crippen LogP contribution >= 0.6 is 12.2 Å². The van der Waals surface area contributed by atoms with Gasteiger partial charge in [-0.1, -0.05) is 6.92 Å². The normalized spacial score (nSPS) is 10.9. The van der Waals surface area contributed by atoms with Crippen molar-refractivity contribution in [2.45, 2.75) is 13.5 Å². The van der Waals surface area contributed by atoms with E-state index >= 15 is 0 Å². The maximum Gasteiger partial charge on any atom is 0.194 e. The summed E-state index contributed by atoms with van der Waals surface area (Å²) in [4.78, 5) is 2.23. The van der Waals surface area contributed by atoms with Gasteiger partial charge in [-0.05, 0) is 25.8 Å². The van der Waals surface area contributed by atoms with Crippen molar-refractivity contribution in [1.29, 1.82) is 0 Å². The maximum atomic E-state index is 5.00. The number of nitrogens with zero attached hydrogens (tertiary/aromatic N) is 3. The lowest BCUT2D eigenvalue weighted by Gasteiger charge is -2.12. The summed E-state index contributed by atoms with van der Waals surface area (Å²) in [5.74, 6) is 0. The highest BCUT2D eigenvalue weighted by Gasteiger charge is 1.96. The lowest BCUT2D eigenvalue weighted by atomic mass is 10.5. The molecule has 0 atom stereocenters. The Labute approximate surface area is 77.2 Å². The summed E-state index contributed by atoms with van der Waals surface area (Å²) in [7, 11) is 2.09. The molecule has 0 aliphatic carbocycles. The summed E-state index contributed by atoms with van der Waals surface area (Å²) in [6, 6.07) is 0. The van der Waals surface area contributed by atoms with Gasteiger partial charge in [-0.15, -0.1) is 0 Å². The van der Waals surface area contributed by atoms with Crippen LogP contribution in [0.1, 0.15) is 6.92 Å². The van der Waals surface area contributed by atoms with Gasteiger partial charge < -0.3 is 9.47 Å². The first-order valence-electron chi connectivity index (χ1n) is 4.02. The van der Waals surface area contributed by atoms with E-state index in [0.29, 0.717) is 4.77 Å². The first-order chi connectivity index (χ1) is 5.74. The Morgan fingerprint density at radius 3 is 3.00 bits per heavy atom. The van der Waals surface area contributed by atoms with Gasteiger partial charge in [-0.2, -0.15) is 5.10 Å². The average molecular weight is 186 g/mol. The molecule has 0 spiro atoms. The van der Waals surface area contributed by atoms with Gasteiger partial charge in [0.2, 0.25) is 0 Å². The van der Waals surface area contributed by atoms with E-state index in [4.69, 9.17) is 12.2 Å². The van der Waals surface area contributed by atoms with E-state index in [2.05, 4.69) is 29.1 Å². The fraction of sp³-hybridized carbons (Fsp3) is 0.714. The molecule has 68 valence electrons. The summed E-state index contributed by atoms with van der Waals surface area (Å²) in [5.41, 5.74) is 0. The Hall–Kier alpha value is -0.680. The monoisotopic (exact) mass is 186 g/mol. The standard InChI is InChI=1S/C7H14N4S/c1-3-10(2)4-5-11-6-8-9-7(11)12/h6H,3-5H2,1-2H3,(H,9,12). The quantitative estimate of drug-likeness (QED) is 0.710. The van der Waals surface area contributed by atoms with Crippen molar-refractivity contribution in [3.63, 3.8) is 0 Å². The summed E-state index contributed by atoms with van der Waals surface area (Å²) in [5, 5.41) is 6.56. The molecule has 4 nitrogen and oxygen atoms in total. The van der Waals surface area contributed by atoms with Crippen molar-refractivity contribution in [3.05, 3.63) is 11.1 Å². The third-order valence-corrected chi connectivity index (χ3v) is 2.21. The van der Waals surface area contributed by atoms with Crippen molar-refractivity contribution in [1.82, 2.24) is 19.7 Å². The third-order valence-electron chi connectivity index (χ3n) is 1.88. The minimum atomic E-state index is 0.694. The molecule has 0 fully saturated rings. The van der Waals surface area contributed by atoms with E-state index in [1.807, 2.05) is 4.57 Å². The first kappa shape index (κ1) is 9.41. The number of aromatic nitrogens is 3. The van der Waals surface area contributed by atoms with Crippen LogP contribution in [-0.2, 0) is 6.54 Å². The molecule has 0 saturated heterocycles. The van der Waals surface area contributed by atoms with Crippen molar-refractivity contribution in [3.8, 4) is 0 Å². The average Bonchev–Trinajstić information content (AvgIpc) is 2.47. The number of hydrogen-bond donors (Lipinski definition) is 1. The molecule has 1 aromatic rings. The number of nitrogens with one attached hydrogen (secondary N) is 1. The highest BCUT2D eigenvalue weighted by Crippen LogP contribution is 1.89. The van der Waals surface area contributed by atoms with E-state index in [0.717, 1.165) is 19.6 Å². The molecule has 0 unspecified atom stereocenters. The smallest absolute Gasteiger partial charge is 0.194 e. The Balaban J connectivity index is 2.43. The first-order valence-corrected chi connectivity index (χ1v) is 4.43. The minimum Gasteiger partial charge on any atom is -0.305 e. The van der Waals surface area contributed by atoms with Crippen LogP contribution in [0.4, 0.5) is 0 Å². The van der Waals surface area contributed by atoms with Gasteiger partial charge in [0, 0.05) is 13.1 Å². The molecule has 1 rings (SSSR count). The van der Waals surface area contributed by atoms with Crippen LogP contribution < -0.4 is 0 Å². The van der Waals surface area contributed by atoms with E-state index in [1.165, 1.54) is 0 Å². The highest BCUT2D eigenvalue weighted by molar-refractivity contribution is 7.71. The topological polar surface area (TPSA) is 36.9 Å². The van der Waals surface area contributed by atoms with Gasteiger partial charge in [0.25, 0.3) is 0 Å². The van der Waals surface area contributed by atoms with Crippen LogP contribution in [0, 0.1) is 4.77 Å². The molecule has 0 saturated carbocycles. The van der Waals surface area contributed by atoms with E-state index in [-0.39, 0.29) is 0 Å². The van der Waals surface area contributed by atoms with Gasteiger partial charge in [0.15, 0.2) is 4.77 Å². The molecule has 0 radical (unpaired) electrons. The summed E-state index contributed by atoms with van der Waals surface area (Å²) >= 11 is 5.00. The predicted octanol–water partition coefficient (Wildman–Crippen LogP) is 0.892. The van der Waals surface area contributed by atoms with Gasteiger partial charge in [-0.3, -0.25) is 5.10 Å². The van der Waals surface area contributed by atoms with Crippen molar-refractivity contribution >= 4 is 12.2 Å². The maximum absolute atomic E-state index is 5.00. The van der Waals surface area contributed by atoms with Gasteiger partial charge in [0.1, 0.15) is 6.33 Å². The number of rotatable bonds is 4. The molecule has 12 heavy (non-hydrogen) atoms. The fourth-order valence-corrected chi connectivity index (χ4v) is 1.06. The molecule has 0 aliphatic rings. The second kappa shape index (κ2) is 4.37. The Morgan fingerprint density at radius 1 is 1.75 bits per heavy atom. The lowest BCUT2D eigenvalue weighted by molar-refractivity contribution is 0.334. The van der Waals surface area contributed by atoms with Gasteiger partial charge in [-0.25, -0.2) is 0 Å².